The van der Waals surface area contributed by atoms with Crippen molar-refractivity contribution >= 4 is 33.4 Å². The van der Waals surface area contributed by atoms with Gasteiger partial charge in [0.1, 0.15) is 23.9 Å². The first-order valence-electron chi connectivity index (χ1n) is 9.77. The van der Waals surface area contributed by atoms with Crippen molar-refractivity contribution < 1.29 is 45.5 Å². The molecule has 2 aromatic rings. The van der Waals surface area contributed by atoms with Gasteiger partial charge in [0, 0.05) is 5.69 Å². The van der Waals surface area contributed by atoms with Crippen LogP contribution in [0.15, 0.2) is 50.1 Å². The number of nitrogens with zero attached hydrogens (tertiary/aromatic N) is 2. The van der Waals surface area contributed by atoms with Crippen molar-refractivity contribution in [3.05, 3.63) is 52.2 Å². The summed E-state index contributed by atoms with van der Waals surface area (Å²) >= 11 is 0. The lowest BCUT2D eigenvalue weighted by Gasteiger charge is -2.15. The smallest absolute Gasteiger partial charge is 0.475 e. The second kappa shape index (κ2) is 12.6. The molecule has 0 spiro atoms. The van der Waals surface area contributed by atoms with Gasteiger partial charge in [-0.3, -0.25) is 9.59 Å². The molecule has 1 amide bonds. The summed E-state index contributed by atoms with van der Waals surface area (Å²) in [5.74, 6) is -4.67. The van der Waals surface area contributed by atoms with Gasteiger partial charge < -0.3 is 37.0 Å². The molecular formula is C19H22F4N6O7S. The third-order valence-corrected chi connectivity index (χ3v) is 5.97. The van der Waals surface area contributed by atoms with Crippen molar-refractivity contribution in [2.45, 2.75) is 29.4 Å². The fraction of sp³-hybridized carbons (Fsp3) is 0.263. The number of amides is 1. The minimum absolute atomic E-state index is 0.0266. The third-order valence-electron chi connectivity index (χ3n) is 4.12. The molecule has 1 heterocycles. The molecule has 0 saturated heterocycles. The van der Waals surface area contributed by atoms with Crippen LogP contribution in [0, 0.1) is 12.7 Å². The predicted molar refractivity (Wildman–Crippen MR) is 120 cm³/mol. The maximum absolute atomic E-state index is 14.0. The number of nitrogen functional groups attached to an aromatic ring is 1. The van der Waals surface area contributed by atoms with Crippen LogP contribution in [-0.2, 0) is 30.8 Å². The average Bonchev–Trinajstić information content (AvgIpc) is 2.75. The number of halogens is 4. The Morgan fingerprint density at radius 1 is 1.22 bits per heavy atom. The lowest BCUT2D eigenvalue weighted by Crippen LogP contribution is -2.37. The number of carboxylic acid groups (broad SMARTS) is 1. The predicted octanol–water partition coefficient (Wildman–Crippen LogP) is -0.335. The number of alkyl halides is 3. The van der Waals surface area contributed by atoms with Gasteiger partial charge in [-0.1, -0.05) is 12.1 Å². The van der Waals surface area contributed by atoms with Crippen LogP contribution >= 0.6 is 0 Å². The Bertz CT molecular complexity index is 1340. The number of rotatable bonds is 8. The Labute approximate surface area is 206 Å². The number of aromatic nitrogens is 1. The molecule has 0 aliphatic carbocycles. The topological polar surface area (TPSA) is 222 Å². The standard InChI is InChI=1S/C17H21FN6O5S.C2HF3O2/c1-10-8-12(19)15(30(27,28)13-5-3-2-4-11(13)18)16(26)24(10)9-14(25)22-6-7-29-23-17(20)21;3-2(4,5)1(6)7/h2-5,8H,6-7,9,19H2,1H3,(H,22,25)(H4,20,21,23);(H,6,7). The zero-order valence-electron chi connectivity index (χ0n) is 19.0. The maximum Gasteiger partial charge on any atom is 0.490 e. The first-order valence-corrected chi connectivity index (χ1v) is 11.3. The Kier molecular flexibility index (Phi) is 10.4. The van der Waals surface area contributed by atoms with Crippen LogP contribution in [0.5, 0.6) is 0 Å². The van der Waals surface area contributed by atoms with Gasteiger partial charge in [0.15, 0.2) is 4.90 Å². The highest BCUT2D eigenvalue weighted by Gasteiger charge is 2.38. The van der Waals surface area contributed by atoms with E-state index in [0.717, 1.165) is 16.7 Å². The van der Waals surface area contributed by atoms with Crippen molar-refractivity contribution in [3.63, 3.8) is 0 Å². The number of nitrogens with one attached hydrogen (secondary N) is 1. The summed E-state index contributed by atoms with van der Waals surface area (Å²) in [6.45, 7) is 0.977. The molecule has 204 valence electrons. The van der Waals surface area contributed by atoms with Crippen molar-refractivity contribution in [3.8, 4) is 0 Å². The summed E-state index contributed by atoms with van der Waals surface area (Å²) in [7, 11) is -4.56. The number of carboxylic acids is 1. The molecule has 0 unspecified atom stereocenters. The summed E-state index contributed by atoms with van der Waals surface area (Å²) in [5.41, 5.74) is 14.8. The Hall–Kier alpha value is -4.35. The quantitative estimate of drug-likeness (QED) is 0.0939. The number of aliphatic carboxylic acids is 1. The molecule has 13 nitrogen and oxygen atoms in total. The number of anilines is 1. The van der Waals surface area contributed by atoms with Crippen LogP contribution in [0.1, 0.15) is 5.69 Å². The molecule has 0 saturated carbocycles. The van der Waals surface area contributed by atoms with Gasteiger partial charge in [-0.2, -0.15) is 13.2 Å². The number of sulfone groups is 1. The van der Waals surface area contributed by atoms with Gasteiger partial charge in [-0.15, -0.1) is 0 Å². The number of oxime groups is 1. The van der Waals surface area contributed by atoms with Crippen LogP contribution in [0.2, 0.25) is 0 Å². The fourth-order valence-electron chi connectivity index (χ4n) is 2.57. The van der Waals surface area contributed by atoms with E-state index in [1.165, 1.54) is 25.1 Å². The number of carbonyl (C=O) groups is 2. The molecule has 0 aliphatic heterocycles. The SMILES string of the molecule is Cc1cc(N)c(S(=O)(=O)c2ccccc2F)c(=O)n1CC(=O)NCCON=C(N)N.O=C(O)C(F)(F)F. The Balaban J connectivity index is 0.000000856. The molecule has 8 N–H and O–H groups in total. The van der Waals surface area contributed by atoms with E-state index >= 15 is 0 Å². The second-order valence-electron chi connectivity index (χ2n) is 6.90. The monoisotopic (exact) mass is 554 g/mol. The number of hydrogen-bond acceptors (Lipinski definition) is 8. The second-order valence-corrected chi connectivity index (χ2v) is 8.75. The number of pyridine rings is 1. The minimum atomic E-state index is -5.08. The highest BCUT2D eigenvalue weighted by Crippen LogP contribution is 2.25. The van der Waals surface area contributed by atoms with Gasteiger partial charge in [-0.25, -0.2) is 17.6 Å². The van der Waals surface area contributed by atoms with Crippen LogP contribution in [0.25, 0.3) is 0 Å². The van der Waals surface area contributed by atoms with Gasteiger partial charge in [0.2, 0.25) is 21.7 Å². The molecule has 37 heavy (non-hydrogen) atoms. The van der Waals surface area contributed by atoms with Gasteiger partial charge >= 0.3 is 12.1 Å². The van der Waals surface area contributed by atoms with Gasteiger partial charge in [-0.05, 0) is 30.3 Å². The van der Waals surface area contributed by atoms with Crippen LogP contribution in [0.4, 0.5) is 23.2 Å². The lowest BCUT2D eigenvalue weighted by molar-refractivity contribution is -0.192. The van der Waals surface area contributed by atoms with Crippen LogP contribution < -0.4 is 28.1 Å². The maximum atomic E-state index is 14.0. The first kappa shape index (κ1) is 30.7. The normalized spacial score (nSPS) is 11.1. The van der Waals surface area contributed by atoms with Crippen LogP contribution in [-0.4, -0.2) is 55.3 Å². The zero-order chi connectivity index (χ0) is 28.6. The molecule has 2 rings (SSSR count). The Morgan fingerprint density at radius 3 is 2.30 bits per heavy atom. The summed E-state index contributed by atoms with van der Waals surface area (Å²) < 4.78 is 72.4. The van der Waals surface area contributed by atoms with E-state index in [-0.39, 0.29) is 30.5 Å². The molecule has 0 fully saturated rings. The molecule has 1 aromatic carbocycles. The molecule has 18 heteroatoms. The summed E-state index contributed by atoms with van der Waals surface area (Å²) in [6, 6.07) is 5.83. The van der Waals surface area contributed by atoms with Crippen molar-refractivity contribution in [2.75, 3.05) is 18.9 Å². The molecule has 0 bridgehead atoms. The summed E-state index contributed by atoms with van der Waals surface area (Å²) in [5, 5.41) is 12.9. The minimum Gasteiger partial charge on any atom is -0.475 e. The first-order chi connectivity index (χ1) is 17.0. The van der Waals surface area contributed by atoms with Crippen molar-refractivity contribution in [2.24, 2.45) is 16.6 Å². The number of carbonyl (C=O) groups excluding carboxylic acids is 1. The molecule has 0 atom stereocenters. The molecular weight excluding hydrogens is 532 g/mol. The average molecular weight is 554 g/mol. The largest absolute Gasteiger partial charge is 0.490 e. The van der Waals surface area contributed by atoms with E-state index < -0.39 is 55.6 Å². The van der Waals surface area contributed by atoms with Crippen LogP contribution in [0.3, 0.4) is 0 Å². The number of guanidine groups is 1. The third kappa shape index (κ3) is 8.67. The van der Waals surface area contributed by atoms with E-state index in [1.807, 2.05) is 0 Å². The van der Waals surface area contributed by atoms with E-state index in [4.69, 9.17) is 31.9 Å². The number of aryl methyl sites for hydroxylation is 1. The number of hydrogen-bond donors (Lipinski definition) is 5. The number of benzene rings is 1. The summed E-state index contributed by atoms with van der Waals surface area (Å²) in [4.78, 5) is 37.1. The lowest BCUT2D eigenvalue weighted by atomic mass is 10.3. The Morgan fingerprint density at radius 2 is 1.78 bits per heavy atom. The van der Waals surface area contributed by atoms with Gasteiger partial charge in [0.05, 0.1) is 12.2 Å². The highest BCUT2D eigenvalue weighted by atomic mass is 32.2. The van der Waals surface area contributed by atoms with Crippen molar-refractivity contribution in [1.82, 2.24) is 9.88 Å². The number of nitrogens with two attached hydrogens (primary N) is 3. The molecule has 0 radical (unpaired) electrons. The van der Waals surface area contributed by atoms with E-state index in [2.05, 4.69) is 10.5 Å². The van der Waals surface area contributed by atoms with Gasteiger partial charge in [0.25, 0.3) is 5.56 Å². The van der Waals surface area contributed by atoms with E-state index in [0.29, 0.717) is 0 Å². The van der Waals surface area contributed by atoms with E-state index in [1.54, 1.807) is 0 Å². The van der Waals surface area contributed by atoms with E-state index in [9.17, 15) is 35.6 Å². The summed E-state index contributed by atoms with van der Waals surface area (Å²) in [6.07, 6.45) is -5.08. The van der Waals surface area contributed by atoms with Crippen molar-refractivity contribution in [1.29, 1.82) is 0 Å². The highest BCUT2D eigenvalue weighted by molar-refractivity contribution is 7.91. The fourth-order valence-corrected chi connectivity index (χ4v) is 4.08. The molecule has 1 aromatic heterocycles. The molecule has 0 aliphatic rings. The zero-order valence-corrected chi connectivity index (χ0v) is 19.8.